The van der Waals surface area contributed by atoms with Crippen molar-refractivity contribution in [3.8, 4) is 11.3 Å². The van der Waals surface area contributed by atoms with Gasteiger partial charge in [-0.3, -0.25) is 0 Å². The average molecular weight is 311 g/mol. The van der Waals surface area contributed by atoms with Crippen molar-refractivity contribution in [3.05, 3.63) is 52.7 Å². The molecular weight excluding hydrogens is 278 g/mol. The minimum Gasteiger partial charge on any atom is -0.201 e. The normalized spacial score (nSPS) is 12.0. The van der Waals surface area contributed by atoms with E-state index in [0.29, 0.717) is 5.92 Å². The van der Waals surface area contributed by atoms with Crippen LogP contribution in [0.25, 0.3) is 11.3 Å². The summed E-state index contributed by atoms with van der Waals surface area (Å²) >= 11 is 0. The van der Waals surface area contributed by atoms with Crippen molar-refractivity contribution in [2.75, 3.05) is 0 Å². The van der Waals surface area contributed by atoms with Gasteiger partial charge < -0.3 is 0 Å². The predicted molar refractivity (Wildman–Crippen MR) is 99.8 cm³/mol. The largest absolute Gasteiger partial charge is 0.212 e. The van der Waals surface area contributed by atoms with Crippen molar-refractivity contribution in [3.63, 3.8) is 0 Å². The highest BCUT2D eigenvalue weighted by Crippen LogP contribution is 2.32. The topological polar surface area (TPSA) is 3.88 Å². The first-order chi connectivity index (χ1) is 10.6. The Hall–Kier alpha value is -1.63. The highest BCUT2D eigenvalue weighted by Gasteiger charge is 2.21. The number of aromatic nitrogens is 1. The van der Waals surface area contributed by atoms with Gasteiger partial charge in [0, 0.05) is 17.7 Å². The van der Waals surface area contributed by atoms with E-state index < -0.39 is 0 Å². The number of hydrogen-bond donors (Lipinski definition) is 0. The van der Waals surface area contributed by atoms with Gasteiger partial charge in [-0.05, 0) is 59.9 Å². The molecule has 1 heterocycles. The molecular formula is C22H32N+. The van der Waals surface area contributed by atoms with Crippen molar-refractivity contribution < 1.29 is 4.57 Å². The minimum absolute atomic E-state index is 0.167. The lowest BCUT2D eigenvalue weighted by Gasteiger charge is -2.23. The summed E-state index contributed by atoms with van der Waals surface area (Å²) in [6.45, 7) is 15.9. The van der Waals surface area contributed by atoms with E-state index in [-0.39, 0.29) is 5.41 Å². The molecule has 1 aromatic heterocycles. The van der Waals surface area contributed by atoms with Gasteiger partial charge in [-0.15, -0.1) is 0 Å². The number of aryl methyl sites for hydroxylation is 3. The molecule has 2 rings (SSSR count). The minimum atomic E-state index is 0.167. The van der Waals surface area contributed by atoms with E-state index in [1.54, 1.807) is 0 Å². The maximum Gasteiger partial charge on any atom is 0.212 e. The number of rotatable bonds is 3. The molecule has 0 unspecified atom stereocenters. The van der Waals surface area contributed by atoms with Gasteiger partial charge in [0.05, 0.1) is 0 Å². The second-order valence-corrected chi connectivity index (χ2v) is 8.36. The predicted octanol–water partition coefficient (Wildman–Crippen LogP) is 5.29. The fourth-order valence-electron chi connectivity index (χ4n) is 3.42. The van der Waals surface area contributed by atoms with Gasteiger partial charge in [0.2, 0.25) is 5.69 Å². The summed E-state index contributed by atoms with van der Waals surface area (Å²) < 4.78 is 2.24. The van der Waals surface area contributed by atoms with E-state index in [0.717, 1.165) is 6.42 Å². The quantitative estimate of drug-likeness (QED) is 0.678. The third-order valence-corrected chi connectivity index (χ3v) is 4.51. The van der Waals surface area contributed by atoms with E-state index in [9.17, 15) is 0 Å². The molecule has 0 saturated carbocycles. The van der Waals surface area contributed by atoms with Crippen LogP contribution < -0.4 is 4.57 Å². The SMILES string of the molecule is Cc1cc(C)c(C(C)(C)C)cc1-c1cc(CC(C)C)cc[n+]1C. The maximum absolute atomic E-state index is 2.40. The summed E-state index contributed by atoms with van der Waals surface area (Å²) in [6, 6.07) is 9.35. The first-order valence-electron chi connectivity index (χ1n) is 8.70. The Kier molecular flexibility index (Phi) is 4.98. The molecule has 1 heteroatoms. The van der Waals surface area contributed by atoms with Crippen molar-refractivity contribution in [1.82, 2.24) is 0 Å². The van der Waals surface area contributed by atoms with E-state index in [1.165, 1.54) is 33.5 Å². The lowest BCUT2D eigenvalue weighted by atomic mass is 9.81. The van der Waals surface area contributed by atoms with Gasteiger partial charge in [0.15, 0.2) is 6.20 Å². The van der Waals surface area contributed by atoms with Gasteiger partial charge in [0.1, 0.15) is 7.05 Å². The van der Waals surface area contributed by atoms with E-state index in [4.69, 9.17) is 0 Å². The van der Waals surface area contributed by atoms with Gasteiger partial charge in [-0.25, -0.2) is 4.57 Å². The highest BCUT2D eigenvalue weighted by atomic mass is 14.9. The van der Waals surface area contributed by atoms with Gasteiger partial charge in [-0.1, -0.05) is 40.7 Å². The fourth-order valence-corrected chi connectivity index (χ4v) is 3.42. The monoisotopic (exact) mass is 310 g/mol. The smallest absolute Gasteiger partial charge is 0.201 e. The molecule has 0 atom stereocenters. The van der Waals surface area contributed by atoms with Crippen LogP contribution in [-0.4, -0.2) is 0 Å². The number of pyridine rings is 1. The highest BCUT2D eigenvalue weighted by molar-refractivity contribution is 5.64. The van der Waals surface area contributed by atoms with Crippen molar-refractivity contribution in [1.29, 1.82) is 0 Å². The zero-order valence-corrected chi connectivity index (χ0v) is 16.1. The van der Waals surface area contributed by atoms with E-state index in [1.807, 2.05) is 0 Å². The van der Waals surface area contributed by atoms with E-state index >= 15 is 0 Å². The van der Waals surface area contributed by atoms with Gasteiger partial charge >= 0.3 is 0 Å². The second-order valence-electron chi connectivity index (χ2n) is 8.36. The summed E-state index contributed by atoms with van der Waals surface area (Å²) in [6.07, 6.45) is 3.33. The van der Waals surface area contributed by atoms with Crippen molar-refractivity contribution >= 4 is 0 Å². The Morgan fingerprint density at radius 2 is 1.65 bits per heavy atom. The molecule has 2 aromatic rings. The molecule has 0 N–H and O–H groups in total. The Bertz CT molecular complexity index is 703. The first kappa shape index (κ1) is 17.7. The third-order valence-electron chi connectivity index (χ3n) is 4.51. The van der Waals surface area contributed by atoms with Crippen LogP contribution >= 0.6 is 0 Å². The van der Waals surface area contributed by atoms with Crippen LogP contribution in [0.1, 0.15) is 56.9 Å². The van der Waals surface area contributed by atoms with Crippen LogP contribution in [0.15, 0.2) is 30.5 Å². The first-order valence-corrected chi connectivity index (χ1v) is 8.70. The van der Waals surface area contributed by atoms with Crippen LogP contribution in [0.5, 0.6) is 0 Å². The third kappa shape index (κ3) is 4.02. The number of nitrogens with zero attached hydrogens (tertiary/aromatic N) is 1. The van der Waals surface area contributed by atoms with E-state index in [2.05, 4.69) is 90.5 Å². The second kappa shape index (κ2) is 6.47. The summed E-state index contributed by atoms with van der Waals surface area (Å²) in [5, 5.41) is 0. The van der Waals surface area contributed by atoms with Crippen LogP contribution in [0.3, 0.4) is 0 Å². The molecule has 0 amide bonds. The standard InChI is InChI=1S/C22H32N/c1-15(2)11-18-9-10-23(8)21(13-18)19-14-20(22(5,6)7)17(4)12-16(19)3/h9-10,12-15H,11H2,1-8H3/q+1. The molecule has 0 aliphatic rings. The van der Waals surface area contributed by atoms with Crippen molar-refractivity contribution in [2.45, 2.75) is 60.3 Å². The molecule has 23 heavy (non-hydrogen) atoms. The maximum atomic E-state index is 2.40. The summed E-state index contributed by atoms with van der Waals surface area (Å²) in [5.74, 6) is 0.680. The molecule has 0 radical (unpaired) electrons. The Balaban J connectivity index is 2.62. The number of hydrogen-bond acceptors (Lipinski definition) is 0. The van der Waals surface area contributed by atoms with Crippen molar-refractivity contribution in [2.24, 2.45) is 13.0 Å². The summed E-state index contributed by atoms with van der Waals surface area (Å²) in [7, 11) is 2.14. The van der Waals surface area contributed by atoms with Crippen LogP contribution in [0, 0.1) is 19.8 Å². The number of benzene rings is 1. The Labute approximate surface area is 142 Å². The van der Waals surface area contributed by atoms with Crippen LogP contribution in [0.4, 0.5) is 0 Å². The lowest BCUT2D eigenvalue weighted by Crippen LogP contribution is -2.31. The summed E-state index contributed by atoms with van der Waals surface area (Å²) in [5.41, 5.74) is 8.44. The van der Waals surface area contributed by atoms with Gasteiger partial charge in [-0.2, -0.15) is 0 Å². The lowest BCUT2D eigenvalue weighted by molar-refractivity contribution is -0.660. The molecule has 0 bridgehead atoms. The molecule has 0 spiro atoms. The molecule has 0 aliphatic carbocycles. The molecule has 1 aromatic carbocycles. The molecule has 124 valence electrons. The summed E-state index contributed by atoms with van der Waals surface area (Å²) in [4.78, 5) is 0. The molecule has 1 nitrogen and oxygen atoms in total. The van der Waals surface area contributed by atoms with Crippen LogP contribution in [-0.2, 0) is 18.9 Å². The average Bonchev–Trinajstić information content (AvgIpc) is 2.39. The van der Waals surface area contributed by atoms with Crippen LogP contribution in [0.2, 0.25) is 0 Å². The Morgan fingerprint density at radius 3 is 2.22 bits per heavy atom. The molecule has 0 aliphatic heterocycles. The zero-order valence-electron chi connectivity index (χ0n) is 16.1. The van der Waals surface area contributed by atoms with Gasteiger partial charge in [0.25, 0.3) is 0 Å². The molecule has 0 saturated heterocycles. The fraction of sp³-hybridized carbons (Fsp3) is 0.500. The Morgan fingerprint density at radius 1 is 1.00 bits per heavy atom. The zero-order chi connectivity index (χ0) is 17.4. The molecule has 0 fully saturated rings.